The van der Waals surface area contributed by atoms with Crippen molar-refractivity contribution in [2.24, 2.45) is 4.99 Å². The maximum absolute atomic E-state index is 12.6. The molecule has 2 aromatic carbocycles. The summed E-state index contributed by atoms with van der Waals surface area (Å²) in [6.07, 6.45) is 0.929. The average Bonchev–Trinajstić information content (AvgIpc) is 2.97. The first-order valence-electron chi connectivity index (χ1n) is 8.17. The summed E-state index contributed by atoms with van der Waals surface area (Å²) < 4.78 is 14.7. The highest BCUT2D eigenvalue weighted by Crippen LogP contribution is 2.33. The predicted octanol–water partition coefficient (Wildman–Crippen LogP) is 4.63. The Morgan fingerprint density at radius 3 is 2.58 bits per heavy atom. The second-order valence-corrected chi connectivity index (χ2v) is 7.56. The second kappa shape index (κ2) is 8.05. The Morgan fingerprint density at radius 2 is 1.92 bits per heavy atom. The zero-order chi connectivity index (χ0) is 18.7. The van der Waals surface area contributed by atoms with Crippen LogP contribution in [0.25, 0.3) is 10.2 Å². The van der Waals surface area contributed by atoms with Gasteiger partial charge in [0.1, 0.15) is 0 Å². The molecule has 26 heavy (non-hydrogen) atoms. The predicted molar refractivity (Wildman–Crippen MR) is 107 cm³/mol. The minimum absolute atomic E-state index is 0.262. The van der Waals surface area contributed by atoms with Gasteiger partial charge in [0.05, 0.1) is 24.4 Å². The van der Waals surface area contributed by atoms with Crippen molar-refractivity contribution in [3.63, 3.8) is 0 Å². The normalized spacial score (nSPS) is 11.8. The molecule has 7 heteroatoms. The number of hydrogen-bond donors (Lipinski definition) is 0. The molecule has 0 fully saturated rings. The second-order valence-electron chi connectivity index (χ2n) is 5.64. The number of rotatable bonds is 5. The summed E-state index contributed by atoms with van der Waals surface area (Å²) in [5.41, 5.74) is 1.53. The monoisotopic (exact) mass is 434 g/mol. The van der Waals surface area contributed by atoms with Crippen molar-refractivity contribution in [3.8, 4) is 11.5 Å². The Morgan fingerprint density at radius 1 is 1.19 bits per heavy atom. The average molecular weight is 435 g/mol. The number of fused-ring (bicyclic) bond motifs is 1. The summed E-state index contributed by atoms with van der Waals surface area (Å²) in [6, 6.07) is 11.1. The van der Waals surface area contributed by atoms with Gasteiger partial charge >= 0.3 is 0 Å². The lowest BCUT2D eigenvalue weighted by molar-refractivity contribution is 0.0997. The molecule has 0 unspecified atom stereocenters. The van der Waals surface area contributed by atoms with E-state index in [1.54, 1.807) is 26.4 Å². The zero-order valence-electron chi connectivity index (χ0n) is 14.8. The smallest absolute Gasteiger partial charge is 0.279 e. The number of carbonyl (C=O) groups is 1. The molecule has 3 aromatic rings. The molecule has 0 bridgehead atoms. The van der Waals surface area contributed by atoms with E-state index >= 15 is 0 Å². The van der Waals surface area contributed by atoms with E-state index in [4.69, 9.17) is 9.47 Å². The van der Waals surface area contributed by atoms with Crippen molar-refractivity contribution in [3.05, 3.63) is 51.2 Å². The van der Waals surface area contributed by atoms with E-state index in [2.05, 4.69) is 32.4 Å². The van der Waals surface area contributed by atoms with E-state index in [0.29, 0.717) is 21.9 Å². The van der Waals surface area contributed by atoms with Crippen LogP contribution in [0.2, 0.25) is 0 Å². The number of hydrogen-bond acceptors (Lipinski definition) is 4. The van der Waals surface area contributed by atoms with Gasteiger partial charge in [-0.25, -0.2) is 0 Å². The van der Waals surface area contributed by atoms with E-state index in [-0.39, 0.29) is 5.91 Å². The Kier molecular flexibility index (Phi) is 5.78. The highest BCUT2D eigenvalue weighted by atomic mass is 79.9. The number of nitrogens with zero attached hydrogens (tertiary/aromatic N) is 2. The maximum Gasteiger partial charge on any atom is 0.279 e. The third-order valence-electron chi connectivity index (χ3n) is 3.90. The largest absolute Gasteiger partial charge is 0.493 e. The molecular formula is C19H19BrN2O3S. The van der Waals surface area contributed by atoms with Crippen LogP contribution in [0.15, 0.2) is 45.9 Å². The van der Waals surface area contributed by atoms with Crippen LogP contribution in [-0.2, 0) is 6.54 Å². The standard InChI is InChI=1S/C19H19BrN2O3S/c1-4-8-22-14-10-15(24-2)16(25-3)11-17(14)26-19(22)21-18(23)12-6-5-7-13(20)9-12/h5-7,9-11H,4,8H2,1-3H3. The molecule has 136 valence electrons. The van der Waals surface area contributed by atoms with Crippen molar-refractivity contribution >= 4 is 43.4 Å². The van der Waals surface area contributed by atoms with Gasteiger partial charge in [-0.1, -0.05) is 40.3 Å². The van der Waals surface area contributed by atoms with Crippen molar-refractivity contribution in [2.45, 2.75) is 19.9 Å². The summed E-state index contributed by atoms with van der Waals surface area (Å²) in [4.78, 5) is 17.6. The van der Waals surface area contributed by atoms with E-state index < -0.39 is 0 Å². The summed E-state index contributed by atoms with van der Waals surface area (Å²) in [5, 5.41) is 0. The van der Waals surface area contributed by atoms with Crippen molar-refractivity contribution in [1.82, 2.24) is 4.57 Å². The molecule has 5 nitrogen and oxygen atoms in total. The number of benzene rings is 2. The Labute approximate surface area is 164 Å². The van der Waals surface area contributed by atoms with Crippen LogP contribution in [0, 0.1) is 0 Å². The highest BCUT2D eigenvalue weighted by Gasteiger charge is 2.13. The van der Waals surface area contributed by atoms with E-state index in [1.165, 1.54) is 11.3 Å². The Bertz CT molecular complexity index is 1020. The van der Waals surface area contributed by atoms with Crippen LogP contribution < -0.4 is 14.3 Å². The van der Waals surface area contributed by atoms with Crippen LogP contribution in [0.3, 0.4) is 0 Å². The Hall–Kier alpha value is -2.12. The number of aryl methyl sites for hydroxylation is 1. The molecule has 0 saturated carbocycles. The van der Waals surface area contributed by atoms with Gasteiger partial charge in [0.15, 0.2) is 16.3 Å². The number of thiazole rings is 1. The van der Waals surface area contributed by atoms with Gasteiger partial charge in [-0.05, 0) is 24.6 Å². The molecule has 0 aliphatic carbocycles. The molecule has 1 heterocycles. The highest BCUT2D eigenvalue weighted by molar-refractivity contribution is 9.10. The SMILES string of the molecule is CCCn1c(=NC(=O)c2cccc(Br)c2)sc2cc(OC)c(OC)cc21. The van der Waals surface area contributed by atoms with Crippen molar-refractivity contribution < 1.29 is 14.3 Å². The molecule has 0 spiro atoms. The fraction of sp³-hybridized carbons (Fsp3) is 0.263. The van der Waals surface area contributed by atoms with Gasteiger partial charge < -0.3 is 14.0 Å². The van der Waals surface area contributed by atoms with Crippen LogP contribution >= 0.6 is 27.3 Å². The molecule has 0 aliphatic heterocycles. The third kappa shape index (κ3) is 3.68. The quantitative estimate of drug-likeness (QED) is 0.587. The minimum Gasteiger partial charge on any atom is -0.493 e. The van der Waals surface area contributed by atoms with Crippen LogP contribution in [0.5, 0.6) is 11.5 Å². The zero-order valence-corrected chi connectivity index (χ0v) is 17.2. The van der Waals surface area contributed by atoms with Crippen molar-refractivity contribution in [1.29, 1.82) is 0 Å². The van der Waals surface area contributed by atoms with Gasteiger partial charge in [0, 0.05) is 28.7 Å². The van der Waals surface area contributed by atoms with Gasteiger partial charge in [0.25, 0.3) is 5.91 Å². The Balaban J connectivity index is 2.18. The van der Waals surface area contributed by atoms with Gasteiger partial charge in [0.2, 0.25) is 0 Å². The fourth-order valence-electron chi connectivity index (χ4n) is 2.69. The maximum atomic E-state index is 12.6. The first kappa shape index (κ1) is 18.7. The molecule has 1 amide bonds. The number of aromatic nitrogens is 1. The third-order valence-corrected chi connectivity index (χ3v) is 5.44. The number of amides is 1. The molecule has 0 aliphatic rings. The summed E-state index contributed by atoms with van der Waals surface area (Å²) in [7, 11) is 3.22. The lowest BCUT2D eigenvalue weighted by Gasteiger charge is -2.08. The van der Waals surface area contributed by atoms with E-state index in [9.17, 15) is 4.79 Å². The minimum atomic E-state index is -0.262. The molecule has 0 radical (unpaired) electrons. The molecule has 0 atom stereocenters. The molecule has 0 N–H and O–H groups in total. The topological polar surface area (TPSA) is 52.8 Å². The van der Waals surface area contributed by atoms with Gasteiger partial charge in [-0.15, -0.1) is 0 Å². The van der Waals surface area contributed by atoms with E-state index in [0.717, 1.165) is 27.7 Å². The number of methoxy groups -OCH3 is 2. The molecular weight excluding hydrogens is 416 g/mol. The summed E-state index contributed by atoms with van der Waals surface area (Å²) in [6.45, 7) is 2.86. The van der Waals surface area contributed by atoms with Crippen LogP contribution in [0.4, 0.5) is 0 Å². The molecule has 3 rings (SSSR count). The molecule has 0 saturated heterocycles. The summed E-state index contributed by atoms with van der Waals surface area (Å²) >= 11 is 4.86. The first-order chi connectivity index (χ1) is 12.6. The van der Waals surface area contributed by atoms with E-state index in [1.807, 2.05) is 24.3 Å². The lowest BCUT2D eigenvalue weighted by Crippen LogP contribution is -2.16. The number of ether oxygens (including phenoxy) is 2. The summed E-state index contributed by atoms with van der Waals surface area (Å²) in [5.74, 6) is 1.06. The fourth-order valence-corrected chi connectivity index (χ4v) is 4.16. The van der Waals surface area contributed by atoms with Crippen molar-refractivity contribution in [2.75, 3.05) is 14.2 Å². The van der Waals surface area contributed by atoms with Gasteiger partial charge in [-0.3, -0.25) is 4.79 Å². The lowest BCUT2D eigenvalue weighted by atomic mass is 10.2. The van der Waals surface area contributed by atoms with Crippen LogP contribution in [0.1, 0.15) is 23.7 Å². The number of halogens is 1. The number of carbonyl (C=O) groups excluding carboxylic acids is 1. The molecule has 1 aromatic heterocycles. The van der Waals surface area contributed by atoms with Gasteiger partial charge in [-0.2, -0.15) is 4.99 Å². The first-order valence-corrected chi connectivity index (χ1v) is 9.78. The van der Waals surface area contributed by atoms with Crippen LogP contribution in [-0.4, -0.2) is 24.7 Å².